The van der Waals surface area contributed by atoms with Crippen LogP contribution in [-0.2, 0) is 30.4 Å². The molecule has 4 atom stereocenters. The summed E-state index contributed by atoms with van der Waals surface area (Å²) in [7, 11) is 5.38. The summed E-state index contributed by atoms with van der Waals surface area (Å²) < 4.78 is 21.6. The highest BCUT2D eigenvalue weighted by Gasteiger charge is 2.29. The highest BCUT2D eigenvalue weighted by atomic mass is 16.5. The second kappa shape index (κ2) is 35.0. The van der Waals surface area contributed by atoms with Crippen molar-refractivity contribution in [2.45, 2.75) is 88.4 Å². The minimum Gasteiger partial charge on any atom is -0.496 e. The van der Waals surface area contributed by atoms with Gasteiger partial charge >= 0.3 is 0 Å². The molecule has 0 spiro atoms. The highest BCUT2D eigenvalue weighted by molar-refractivity contribution is 6.07. The average Bonchev–Trinajstić information content (AvgIpc) is 3.20. The van der Waals surface area contributed by atoms with Gasteiger partial charge in [-0.05, 0) is 162 Å². The van der Waals surface area contributed by atoms with Gasteiger partial charge in [-0.15, -0.1) is 0 Å². The van der Waals surface area contributed by atoms with Gasteiger partial charge in [0, 0.05) is 22.7 Å². The van der Waals surface area contributed by atoms with Crippen LogP contribution in [0.2, 0.25) is 0 Å². The summed E-state index contributed by atoms with van der Waals surface area (Å²) in [5, 5.41) is 21.7. The second-order valence-electron chi connectivity index (χ2n) is 20.0. The van der Waals surface area contributed by atoms with Crippen LogP contribution in [0.1, 0.15) is 105 Å². The molecular formula is C61H79N13O13. The molecule has 0 aliphatic rings. The van der Waals surface area contributed by atoms with Gasteiger partial charge in [-0.1, -0.05) is 30.3 Å². The van der Waals surface area contributed by atoms with Crippen molar-refractivity contribution >= 4 is 75.9 Å². The molecule has 0 radical (unpaired) electrons. The normalized spacial score (nSPS) is 12.1. The van der Waals surface area contributed by atoms with Crippen LogP contribution >= 0.6 is 0 Å². The van der Waals surface area contributed by atoms with Gasteiger partial charge in [-0.25, -0.2) is 0 Å². The van der Waals surface area contributed by atoms with E-state index in [2.05, 4.69) is 42.5 Å². The zero-order valence-electron chi connectivity index (χ0n) is 49.2. The predicted molar refractivity (Wildman–Crippen MR) is 329 cm³/mol. The quantitative estimate of drug-likeness (QED) is 0.0259. The molecule has 0 heterocycles. The van der Waals surface area contributed by atoms with Crippen LogP contribution in [0.15, 0.2) is 103 Å². The molecule has 18 N–H and O–H groups in total. The molecule has 0 unspecified atom stereocenters. The lowest BCUT2D eigenvalue weighted by Crippen LogP contribution is -2.50. The molecule has 0 aromatic heterocycles. The van der Waals surface area contributed by atoms with Crippen molar-refractivity contribution in [2.24, 2.45) is 28.7 Å². The Balaban J connectivity index is 1.29. The molecule has 0 aliphatic carbocycles. The minimum absolute atomic E-state index is 0.0286. The molecule has 0 bridgehead atoms. The minimum atomic E-state index is -1.17. The van der Waals surface area contributed by atoms with Crippen molar-refractivity contribution in [3.05, 3.63) is 131 Å². The van der Waals surface area contributed by atoms with E-state index in [0.717, 1.165) is 5.56 Å². The van der Waals surface area contributed by atoms with Crippen molar-refractivity contribution in [2.75, 3.05) is 75.9 Å². The summed E-state index contributed by atoms with van der Waals surface area (Å²) in [6.07, 6.45) is 3.77. The Hall–Kier alpha value is -9.63. The number of nitrogens with one attached hydrogen (secondary N) is 8. The number of carbonyl (C=O) groups excluding carboxylic acids is 9. The van der Waals surface area contributed by atoms with Crippen LogP contribution in [0.5, 0.6) is 23.0 Å². The molecule has 9 amide bonds. The lowest BCUT2D eigenvalue weighted by atomic mass is 10.0. The lowest BCUT2D eigenvalue weighted by Gasteiger charge is -2.22. The van der Waals surface area contributed by atoms with Gasteiger partial charge in [-0.2, -0.15) is 0 Å². The Morgan fingerprint density at radius 1 is 0.425 bits per heavy atom. The standard InChI is InChI=1S/C61H79N13O13/c1-84-49-23-19-37(31-41(49)54(66)76)68-53(75)35-67-55(77)42-32-38(20-24-50(42)85-2)69-59(81)46(16-8-11-27-62)72-56(78)43-33-39(21-25-51(43)86-3)70-60(82)47(17-9-12-28-63)73-57(79)44-34-40(22-26-52(44)87-4)71-61(83)48(18-10-13-29-64)74-58(80)45(65)30-36-14-6-5-7-15-36/h5-7,14-15,19-26,31-34,45-48H,8-13,16-18,27-30,35,62-65H2,1-4H3,(H2,66,76)(H,67,77)(H,68,75)(H,69,81)(H,70,82)(H,71,83)(H,72,78)(H,73,79)(H,74,80)/t45-,46-,47-,48-/m0/s1. The van der Waals surface area contributed by atoms with Crippen LogP contribution in [0.4, 0.5) is 22.7 Å². The zero-order chi connectivity index (χ0) is 63.4. The monoisotopic (exact) mass is 1200 g/mol. The molecule has 0 saturated carbocycles. The number of unbranched alkanes of at least 4 members (excludes halogenated alkanes) is 3. The predicted octanol–water partition coefficient (Wildman–Crippen LogP) is 3.04. The topological polar surface area (TPSA) is 417 Å². The second-order valence-corrected chi connectivity index (χ2v) is 20.0. The number of amides is 9. The summed E-state index contributed by atoms with van der Waals surface area (Å²) in [6, 6.07) is 22.1. The molecular weight excluding hydrogens is 1120 g/mol. The van der Waals surface area contributed by atoms with Crippen LogP contribution in [0.3, 0.4) is 0 Å². The summed E-state index contributed by atoms with van der Waals surface area (Å²) in [5.41, 5.74) is 30.4. The first-order chi connectivity index (χ1) is 41.9. The van der Waals surface area contributed by atoms with Crippen molar-refractivity contribution < 1.29 is 62.1 Å². The van der Waals surface area contributed by atoms with E-state index in [4.69, 9.17) is 47.6 Å². The van der Waals surface area contributed by atoms with E-state index in [0.29, 0.717) is 58.2 Å². The third-order valence-corrected chi connectivity index (χ3v) is 13.6. The van der Waals surface area contributed by atoms with E-state index in [1.807, 2.05) is 30.3 Å². The van der Waals surface area contributed by atoms with E-state index in [-0.39, 0.29) is 93.7 Å². The maximum absolute atomic E-state index is 14.2. The van der Waals surface area contributed by atoms with Gasteiger partial charge in [0.15, 0.2) is 0 Å². The zero-order valence-corrected chi connectivity index (χ0v) is 49.2. The number of hydrogen-bond donors (Lipinski definition) is 13. The van der Waals surface area contributed by atoms with Crippen LogP contribution in [-0.4, -0.2) is 132 Å². The fourth-order valence-electron chi connectivity index (χ4n) is 9.01. The molecule has 0 fully saturated rings. The summed E-state index contributed by atoms with van der Waals surface area (Å²) in [5.74, 6) is -5.52. The van der Waals surface area contributed by atoms with Crippen molar-refractivity contribution in [3.8, 4) is 23.0 Å². The smallest absolute Gasteiger partial charge is 0.255 e. The molecule has 5 aromatic rings. The fourth-order valence-corrected chi connectivity index (χ4v) is 9.01. The lowest BCUT2D eigenvalue weighted by molar-refractivity contribution is -0.127. The third kappa shape index (κ3) is 20.8. The highest BCUT2D eigenvalue weighted by Crippen LogP contribution is 2.28. The Labute approximate surface area is 504 Å². The summed E-state index contributed by atoms with van der Waals surface area (Å²) >= 11 is 0. The Morgan fingerprint density at radius 3 is 1.16 bits per heavy atom. The molecule has 466 valence electrons. The van der Waals surface area contributed by atoms with Gasteiger partial charge in [0.25, 0.3) is 23.6 Å². The van der Waals surface area contributed by atoms with E-state index in [9.17, 15) is 43.2 Å². The third-order valence-electron chi connectivity index (χ3n) is 13.6. The molecule has 0 saturated heterocycles. The number of carbonyl (C=O) groups is 9. The Morgan fingerprint density at radius 2 is 0.782 bits per heavy atom. The van der Waals surface area contributed by atoms with E-state index in [1.165, 1.54) is 101 Å². The fraction of sp³-hybridized carbons (Fsp3) is 0.361. The van der Waals surface area contributed by atoms with E-state index < -0.39 is 83.9 Å². The number of hydrogen-bond acceptors (Lipinski definition) is 17. The number of anilines is 4. The van der Waals surface area contributed by atoms with Gasteiger partial charge in [0.1, 0.15) is 41.1 Å². The maximum Gasteiger partial charge on any atom is 0.255 e. The number of primary amides is 1. The van der Waals surface area contributed by atoms with Crippen LogP contribution < -0.4 is 90.2 Å². The van der Waals surface area contributed by atoms with Crippen molar-refractivity contribution in [3.63, 3.8) is 0 Å². The molecule has 87 heavy (non-hydrogen) atoms. The van der Waals surface area contributed by atoms with Crippen LogP contribution in [0, 0.1) is 0 Å². The van der Waals surface area contributed by atoms with Gasteiger partial charge in [0.2, 0.25) is 29.5 Å². The molecule has 5 aromatic carbocycles. The number of methoxy groups -OCH3 is 4. The largest absolute Gasteiger partial charge is 0.496 e. The molecule has 5 rings (SSSR count). The van der Waals surface area contributed by atoms with Crippen molar-refractivity contribution in [1.82, 2.24) is 21.3 Å². The SMILES string of the molecule is COc1ccc(NC(=O)CNC(=O)c2cc(NC(=O)[C@H](CCCCN)NC(=O)c3cc(NC(=O)[C@H](CCCCN)NC(=O)c4cc(NC(=O)[C@H](CCCCN)NC(=O)[C@@H](N)Cc5ccccc5)ccc4OC)ccc3OC)ccc2OC)cc1C(N)=O. The first-order valence-corrected chi connectivity index (χ1v) is 28.2. The number of ether oxygens (including phenoxy) is 4. The first-order valence-electron chi connectivity index (χ1n) is 28.2. The number of rotatable bonds is 35. The molecule has 26 heteroatoms. The van der Waals surface area contributed by atoms with Gasteiger partial charge in [0.05, 0.1) is 63.3 Å². The van der Waals surface area contributed by atoms with Crippen LogP contribution in [0.25, 0.3) is 0 Å². The number of nitrogens with two attached hydrogens (primary N) is 5. The van der Waals surface area contributed by atoms with E-state index in [1.54, 1.807) is 0 Å². The van der Waals surface area contributed by atoms with E-state index >= 15 is 0 Å². The van der Waals surface area contributed by atoms with Gasteiger partial charge in [-0.3, -0.25) is 43.2 Å². The molecule has 0 aliphatic heterocycles. The Kier molecular flexibility index (Phi) is 27.4. The summed E-state index contributed by atoms with van der Waals surface area (Å²) in [6.45, 7) is 0.489. The van der Waals surface area contributed by atoms with Crippen molar-refractivity contribution in [1.29, 1.82) is 0 Å². The maximum atomic E-state index is 14.2. The Bertz CT molecular complexity index is 3200. The summed E-state index contributed by atoms with van der Waals surface area (Å²) in [4.78, 5) is 122. The van der Waals surface area contributed by atoms with Gasteiger partial charge < -0.3 is 90.2 Å². The first kappa shape index (κ1) is 68.2. The molecule has 26 nitrogen and oxygen atoms in total. The average molecular weight is 1200 g/mol. The number of benzene rings is 5.